The molecule has 0 spiro atoms. The second kappa shape index (κ2) is 10.2. The molecule has 6 nitrogen and oxygen atoms in total. The van der Waals surface area contributed by atoms with Gasteiger partial charge in [-0.1, -0.05) is 31.9 Å². The van der Waals surface area contributed by atoms with Crippen LogP contribution in [-0.2, 0) is 21.2 Å². The van der Waals surface area contributed by atoms with E-state index in [0.29, 0.717) is 13.0 Å². The van der Waals surface area contributed by atoms with Crippen LogP contribution in [0.2, 0.25) is 0 Å². The minimum Gasteiger partial charge on any atom is -0.354 e. The Morgan fingerprint density at radius 1 is 1.26 bits per heavy atom. The standard InChI is InChI=1S/C20H33N3O3S/c1-3-5-17-6-4-14-23(15-12-17)16(2)20(24)22-13-11-18-7-9-19(10-8-18)27(21,25)26/h7-10,16-17H,3-6,11-15H2,1-2H3,(H,22,24)(H2,21,25,26). The summed E-state index contributed by atoms with van der Waals surface area (Å²) < 4.78 is 22.5. The largest absolute Gasteiger partial charge is 0.354 e. The van der Waals surface area contributed by atoms with Crippen molar-refractivity contribution < 1.29 is 13.2 Å². The molecule has 1 aliphatic rings. The zero-order valence-electron chi connectivity index (χ0n) is 16.5. The van der Waals surface area contributed by atoms with Crippen LogP contribution in [0.1, 0.15) is 51.5 Å². The van der Waals surface area contributed by atoms with Crippen LogP contribution in [-0.4, -0.2) is 44.9 Å². The third kappa shape index (κ3) is 6.90. The van der Waals surface area contributed by atoms with Gasteiger partial charge in [0.05, 0.1) is 10.9 Å². The Labute approximate surface area is 163 Å². The topological polar surface area (TPSA) is 92.5 Å². The van der Waals surface area contributed by atoms with Gasteiger partial charge in [0, 0.05) is 6.54 Å². The van der Waals surface area contributed by atoms with Crippen molar-refractivity contribution in [2.24, 2.45) is 11.1 Å². The van der Waals surface area contributed by atoms with E-state index in [1.165, 1.54) is 44.2 Å². The highest BCUT2D eigenvalue weighted by atomic mass is 32.2. The lowest BCUT2D eigenvalue weighted by molar-refractivity contribution is -0.125. The molecule has 0 aliphatic carbocycles. The summed E-state index contributed by atoms with van der Waals surface area (Å²) in [5.74, 6) is 0.862. The van der Waals surface area contributed by atoms with Gasteiger partial charge in [0.1, 0.15) is 0 Å². The number of primary sulfonamides is 1. The van der Waals surface area contributed by atoms with E-state index in [2.05, 4.69) is 17.1 Å². The van der Waals surface area contributed by atoms with Gasteiger partial charge in [-0.2, -0.15) is 0 Å². The molecule has 1 saturated heterocycles. The van der Waals surface area contributed by atoms with Gasteiger partial charge in [0.25, 0.3) is 0 Å². The van der Waals surface area contributed by atoms with Crippen LogP contribution in [0, 0.1) is 5.92 Å². The van der Waals surface area contributed by atoms with E-state index in [4.69, 9.17) is 5.14 Å². The van der Waals surface area contributed by atoms with E-state index < -0.39 is 10.0 Å². The molecule has 0 aromatic heterocycles. The number of carbonyl (C=O) groups excluding carboxylic acids is 1. The van der Waals surface area contributed by atoms with Crippen molar-refractivity contribution in [3.8, 4) is 0 Å². The number of benzene rings is 1. The number of nitrogens with one attached hydrogen (secondary N) is 1. The summed E-state index contributed by atoms with van der Waals surface area (Å²) in [6.07, 6.45) is 6.80. The first kappa shape index (κ1) is 21.9. The van der Waals surface area contributed by atoms with Gasteiger partial charge < -0.3 is 5.32 Å². The first-order valence-corrected chi connectivity index (χ1v) is 11.5. The van der Waals surface area contributed by atoms with Crippen molar-refractivity contribution in [3.05, 3.63) is 29.8 Å². The third-order valence-corrected chi connectivity index (χ3v) is 6.40. The monoisotopic (exact) mass is 395 g/mol. The predicted octanol–water partition coefficient (Wildman–Crippen LogP) is 2.28. The highest BCUT2D eigenvalue weighted by molar-refractivity contribution is 7.89. The molecule has 1 aliphatic heterocycles. The van der Waals surface area contributed by atoms with Crippen LogP contribution in [0.15, 0.2) is 29.2 Å². The number of nitrogens with zero attached hydrogens (tertiary/aromatic N) is 1. The zero-order valence-corrected chi connectivity index (χ0v) is 17.3. The van der Waals surface area contributed by atoms with Gasteiger partial charge >= 0.3 is 0 Å². The molecule has 2 unspecified atom stereocenters. The Morgan fingerprint density at radius 2 is 1.96 bits per heavy atom. The van der Waals surface area contributed by atoms with Crippen LogP contribution in [0.4, 0.5) is 0 Å². The number of carbonyl (C=O) groups is 1. The van der Waals surface area contributed by atoms with Gasteiger partial charge in [0.2, 0.25) is 15.9 Å². The molecule has 0 bridgehead atoms. The SMILES string of the molecule is CCCC1CCCN(C(C)C(=O)NCCc2ccc(S(N)(=O)=O)cc2)CC1. The summed E-state index contributed by atoms with van der Waals surface area (Å²) in [7, 11) is -3.66. The van der Waals surface area contributed by atoms with Crippen LogP contribution < -0.4 is 10.5 Å². The summed E-state index contributed by atoms with van der Waals surface area (Å²) in [6.45, 7) is 6.74. The predicted molar refractivity (Wildman–Crippen MR) is 108 cm³/mol. The van der Waals surface area contributed by atoms with E-state index in [-0.39, 0.29) is 16.8 Å². The molecule has 1 heterocycles. The molecule has 7 heteroatoms. The second-order valence-electron chi connectivity index (χ2n) is 7.53. The number of hydrogen-bond donors (Lipinski definition) is 2. The van der Waals surface area contributed by atoms with Crippen molar-refractivity contribution in [1.82, 2.24) is 10.2 Å². The summed E-state index contributed by atoms with van der Waals surface area (Å²) in [5.41, 5.74) is 0.965. The Balaban J connectivity index is 1.78. The fourth-order valence-corrected chi connectivity index (χ4v) is 4.28. The highest BCUT2D eigenvalue weighted by Crippen LogP contribution is 2.22. The first-order chi connectivity index (χ1) is 12.8. The fraction of sp³-hybridized carbons (Fsp3) is 0.650. The van der Waals surface area contributed by atoms with Gasteiger partial charge in [-0.15, -0.1) is 0 Å². The molecule has 1 aromatic rings. The molecular formula is C20H33N3O3S. The van der Waals surface area contributed by atoms with Crippen molar-refractivity contribution in [3.63, 3.8) is 0 Å². The molecule has 152 valence electrons. The van der Waals surface area contributed by atoms with Crippen molar-refractivity contribution in [2.75, 3.05) is 19.6 Å². The van der Waals surface area contributed by atoms with E-state index in [1.807, 2.05) is 6.92 Å². The maximum Gasteiger partial charge on any atom is 0.238 e. The van der Waals surface area contributed by atoms with Crippen LogP contribution >= 0.6 is 0 Å². The number of nitrogens with two attached hydrogens (primary N) is 1. The second-order valence-corrected chi connectivity index (χ2v) is 9.09. The van der Waals surface area contributed by atoms with Crippen molar-refractivity contribution in [1.29, 1.82) is 0 Å². The van der Waals surface area contributed by atoms with Gasteiger partial charge in [-0.05, 0) is 69.3 Å². The average molecular weight is 396 g/mol. The quantitative estimate of drug-likeness (QED) is 0.706. The van der Waals surface area contributed by atoms with Crippen molar-refractivity contribution >= 4 is 15.9 Å². The smallest absolute Gasteiger partial charge is 0.238 e. The Kier molecular flexibility index (Phi) is 8.26. The van der Waals surface area contributed by atoms with E-state index in [9.17, 15) is 13.2 Å². The third-order valence-electron chi connectivity index (χ3n) is 5.47. The number of amides is 1. The molecule has 2 rings (SSSR count). The Hall–Kier alpha value is -1.44. The molecule has 1 fully saturated rings. The first-order valence-electron chi connectivity index (χ1n) is 9.94. The fourth-order valence-electron chi connectivity index (χ4n) is 3.76. The van der Waals surface area contributed by atoms with Crippen LogP contribution in [0.3, 0.4) is 0 Å². The van der Waals surface area contributed by atoms with Gasteiger partial charge in [-0.25, -0.2) is 13.6 Å². The molecule has 2 atom stereocenters. The van der Waals surface area contributed by atoms with E-state index in [0.717, 1.165) is 24.6 Å². The van der Waals surface area contributed by atoms with E-state index >= 15 is 0 Å². The molecule has 27 heavy (non-hydrogen) atoms. The minimum atomic E-state index is -3.66. The molecule has 3 N–H and O–H groups in total. The summed E-state index contributed by atoms with van der Waals surface area (Å²) >= 11 is 0. The summed E-state index contributed by atoms with van der Waals surface area (Å²) in [5, 5.41) is 8.10. The Bertz CT molecular complexity index is 704. The molecule has 0 radical (unpaired) electrons. The Morgan fingerprint density at radius 3 is 2.59 bits per heavy atom. The summed E-state index contributed by atoms with van der Waals surface area (Å²) in [4.78, 5) is 14.9. The lowest BCUT2D eigenvalue weighted by Crippen LogP contribution is -2.46. The number of hydrogen-bond acceptors (Lipinski definition) is 4. The van der Waals surface area contributed by atoms with Gasteiger partial charge in [-0.3, -0.25) is 9.69 Å². The molecule has 1 aromatic carbocycles. The van der Waals surface area contributed by atoms with Crippen LogP contribution in [0.5, 0.6) is 0 Å². The lowest BCUT2D eigenvalue weighted by atomic mass is 9.96. The van der Waals surface area contributed by atoms with Gasteiger partial charge in [0.15, 0.2) is 0 Å². The molecular weight excluding hydrogens is 362 g/mol. The minimum absolute atomic E-state index is 0.0603. The van der Waals surface area contributed by atoms with Crippen molar-refractivity contribution in [2.45, 2.75) is 63.3 Å². The number of likely N-dealkylation sites (tertiary alicyclic amines) is 1. The van der Waals surface area contributed by atoms with E-state index in [1.54, 1.807) is 12.1 Å². The molecule has 1 amide bonds. The average Bonchev–Trinajstić information content (AvgIpc) is 2.86. The number of sulfonamides is 1. The maximum absolute atomic E-state index is 12.5. The lowest BCUT2D eigenvalue weighted by Gasteiger charge is -2.26. The number of rotatable bonds is 8. The maximum atomic E-state index is 12.5. The zero-order chi connectivity index (χ0) is 19.9. The van der Waals surface area contributed by atoms with Crippen LogP contribution in [0.25, 0.3) is 0 Å². The highest BCUT2D eigenvalue weighted by Gasteiger charge is 2.24. The summed E-state index contributed by atoms with van der Waals surface area (Å²) in [6, 6.07) is 6.35. The normalized spacial score (nSPS) is 20.0. The molecule has 0 saturated carbocycles.